The molecule has 0 amide bonds. The van der Waals surface area contributed by atoms with Crippen molar-refractivity contribution in [1.82, 2.24) is 0 Å². The zero-order valence-electron chi connectivity index (χ0n) is 7.60. The summed E-state index contributed by atoms with van der Waals surface area (Å²) in [6, 6.07) is 1.32. The number of benzene rings is 1. The van der Waals surface area contributed by atoms with E-state index in [0.29, 0.717) is 5.56 Å². The maximum absolute atomic E-state index is 13.3. The van der Waals surface area contributed by atoms with Gasteiger partial charge in [0.15, 0.2) is 5.82 Å². The number of hydrogen-bond donors (Lipinski definition) is 1. The summed E-state index contributed by atoms with van der Waals surface area (Å²) in [5, 5.41) is 8.53. The Hall–Kier alpha value is -1.29. The highest BCUT2D eigenvalue weighted by Crippen LogP contribution is 2.31. The molecule has 1 rings (SSSR count). The summed E-state index contributed by atoms with van der Waals surface area (Å²) in [6.45, 7) is 1.59. The first kappa shape index (κ1) is 10.8. The predicted molar refractivity (Wildman–Crippen MR) is 49.7 cm³/mol. The summed E-state index contributed by atoms with van der Waals surface area (Å²) in [6.07, 6.45) is 0. The fraction of sp³-hybridized carbons (Fsp3) is 0.222. The number of ether oxygens (including phenoxy) is 1. The van der Waals surface area contributed by atoms with Gasteiger partial charge in [-0.25, -0.2) is 9.18 Å². The van der Waals surface area contributed by atoms with Gasteiger partial charge in [0, 0.05) is 0 Å². The van der Waals surface area contributed by atoms with Crippen LogP contribution >= 0.6 is 11.6 Å². The van der Waals surface area contributed by atoms with Crippen molar-refractivity contribution in [1.29, 1.82) is 0 Å². The first-order valence-electron chi connectivity index (χ1n) is 3.75. The number of aromatic carboxylic acids is 1. The fourth-order valence-corrected chi connectivity index (χ4v) is 1.45. The van der Waals surface area contributed by atoms with Crippen LogP contribution in [-0.4, -0.2) is 18.2 Å². The Morgan fingerprint density at radius 3 is 2.64 bits per heavy atom. The van der Waals surface area contributed by atoms with Crippen molar-refractivity contribution in [3.8, 4) is 5.75 Å². The molecule has 0 spiro atoms. The van der Waals surface area contributed by atoms with E-state index in [4.69, 9.17) is 21.4 Å². The lowest BCUT2D eigenvalue weighted by molar-refractivity contribution is 0.0688. The third-order valence-corrected chi connectivity index (χ3v) is 2.05. The first-order valence-corrected chi connectivity index (χ1v) is 4.12. The molecule has 1 aromatic rings. The minimum atomic E-state index is -1.40. The molecule has 0 radical (unpaired) electrons. The van der Waals surface area contributed by atoms with Crippen LogP contribution < -0.4 is 4.74 Å². The molecule has 0 fully saturated rings. The van der Waals surface area contributed by atoms with Crippen molar-refractivity contribution in [3.05, 3.63) is 28.0 Å². The molecule has 0 saturated heterocycles. The fourth-order valence-electron chi connectivity index (χ4n) is 1.19. The second kappa shape index (κ2) is 3.84. The summed E-state index contributed by atoms with van der Waals surface area (Å²) in [5.41, 5.74) is -0.0474. The van der Waals surface area contributed by atoms with Gasteiger partial charge in [-0.3, -0.25) is 0 Å². The van der Waals surface area contributed by atoms with E-state index in [1.54, 1.807) is 6.92 Å². The second-order valence-corrected chi connectivity index (χ2v) is 3.11. The van der Waals surface area contributed by atoms with Crippen molar-refractivity contribution in [2.45, 2.75) is 6.92 Å². The lowest BCUT2D eigenvalue weighted by atomic mass is 10.1. The van der Waals surface area contributed by atoms with Crippen molar-refractivity contribution >= 4 is 17.6 Å². The number of carboxylic acid groups (broad SMARTS) is 1. The third-order valence-electron chi connectivity index (χ3n) is 1.78. The molecule has 0 aromatic heterocycles. The lowest BCUT2D eigenvalue weighted by Crippen LogP contribution is -2.06. The smallest absolute Gasteiger partial charge is 0.342 e. The number of rotatable bonds is 2. The Morgan fingerprint density at radius 2 is 2.21 bits per heavy atom. The van der Waals surface area contributed by atoms with Crippen LogP contribution in [0.4, 0.5) is 4.39 Å². The maximum atomic E-state index is 13.3. The highest BCUT2D eigenvalue weighted by molar-refractivity contribution is 6.31. The highest BCUT2D eigenvalue weighted by atomic mass is 35.5. The average molecular weight is 219 g/mol. The molecule has 0 aliphatic rings. The Balaban J connectivity index is 3.56. The number of aryl methyl sites for hydroxylation is 1. The molecule has 3 nitrogen and oxygen atoms in total. The summed E-state index contributed by atoms with van der Waals surface area (Å²) in [5.74, 6) is -2.37. The number of methoxy groups -OCH3 is 1. The standard InChI is InChI=1S/C9H8ClFO3/c1-4-3-5(10)7(11)6(9(12)13)8(4)14-2/h3H,1-2H3,(H,12,13). The van der Waals surface area contributed by atoms with E-state index in [9.17, 15) is 9.18 Å². The van der Waals surface area contributed by atoms with Crippen LogP contribution in [0.15, 0.2) is 6.07 Å². The molecule has 1 aromatic carbocycles. The molecule has 0 atom stereocenters. The van der Waals surface area contributed by atoms with Gasteiger partial charge in [-0.2, -0.15) is 0 Å². The molecule has 14 heavy (non-hydrogen) atoms. The minimum Gasteiger partial charge on any atom is -0.495 e. The van der Waals surface area contributed by atoms with Gasteiger partial charge < -0.3 is 9.84 Å². The monoisotopic (exact) mass is 218 g/mol. The molecular weight excluding hydrogens is 211 g/mol. The summed E-state index contributed by atoms with van der Waals surface area (Å²) in [7, 11) is 1.28. The third kappa shape index (κ3) is 1.65. The average Bonchev–Trinajstić information content (AvgIpc) is 2.10. The zero-order valence-corrected chi connectivity index (χ0v) is 8.35. The molecule has 5 heteroatoms. The largest absolute Gasteiger partial charge is 0.495 e. The number of carbonyl (C=O) groups is 1. The van der Waals surface area contributed by atoms with E-state index >= 15 is 0 Å². The van der Waals surface area contributed by atoms with Gasteiger partial charge in [-0.05, 0) is 18.6 Å². The van der Waals surface area contributed by atoms with Gasteiger partial charge in [-0.15, -0.1) is 0 Å². The van der Waals surface area contributed by atoms with Gasteiger partial charge in [0.25, 0.3) is 0 Å². The van der Waals surface area contributed by atoms with E-state index in [0.717, 1.165) is 0 Å². The number of carboxylic acids is 1. The van der Waals surface area contributed by atoms with Crippen LogP contribution in [0.3, 0.4) is 0 Å². The zero-order chi connectivity index (χ0) is 10.9. The number of halogens is 2. The van der Waals surface area contributed by atoms with Gasteiger partial charge in [0.1, 0.15) is 11.3 Å². The molecule has 76 valence electrons. The van der Waals surface area contributed by atoms with Crippen molar-refractivity contribution in [2.24, 2.45) is 0 Å². The molecule has 0 heterocycles. The molecule has 0 aliphatic heterocycles. The quantitative estimate of drug-likeness (QED) is 0.830. The Kier molecular flexibility index (Phi) is 2.96. The number of hydrogen-bond acceptors (Lipinski definition) is 2. The van der Waals surface area contributed by atoms with Crippen LogP contribution in [0.5, 0.6) is 5.75 Å². The molecular formula is C9H8ClFO3. The van der Waals surface area contributed by atoms with Crippen molar-refractivity contribution < 1.29 is 19.0 Å². The Labute approximate surface area is 85.1 Å². The van der Waals surface area contributed by atoms with E-state index in [-0.39, 0.29) is 10.8 Å². The predicted octanol–water partition coefficient (Wildman–Crippen LogP) is 2.49. The van der Waals surface area contributed by atoms with Crippen LogP contribution in [0, 0.1) is 12.7 Å². The maximum Gasteiger partial charge on any atom is 0.342 e. The normalized spacial score (nSPS) is 10.0. The van der Waals surface area contributed by atoms with E-state index in [1.807, 2.05) is 0 Å². The SMILES string of the molecule is COc1c(C)cc(Cl)c(F)c1C(=O)O. The Bertz CT molecular complexity index is 390. The molecule has 0 bridgehead atoms. The molecule has 1 N–H and O–H groups in total. The van der Waals surface area contributed by atoms with Crippen LogP contribution in [0.25, 0.3) is 0 Å². The summed E-state index contributed by atoms with van der Waals surface area (Å²) >= 11 is 5.50. The van der Waals surface area contributed by atoms with Crippen molar-refractivity contribution in [2.75, 3.05) is 7.11 Å². The van der Waals surface area contributed by atoms with Gasteiger partial charge in [0.05, 0.1) is 12.1 Å². The van der Waals surface area contributed by atoms with Crippen LogP contribution in [0.1, 0.15) is 15.9 Å². The second-order valence-electron chi connectivity index (χ2n) is 2.70. The first-order chi connectivity index (χ1) is 6.49. The van der Waals surface area contributed by atoms with Gasteiger partial charge in [0.2, 0.25) is 0 Å². The van der Waals surface area contributed by atoms with Gasteiger partial charge in [-0.1, -0.05) is 11.6 Å². The Morgan fingerprint density at radius 1 is 1.64 bits per heavy atom. The topological polar surface area (TPSA) is 46.5 Å². The van der Waals surface area contributed by atoms with E-state index in [1.165, 1.54) is 13.2 Å². The molecule has 0 unspecified atom stereocenters. The van der Waals surface area contributed by atoms with E-state index < -0.39 is 17.3 Å². The highest BCUT2D eigenvalue weighted by Gasteiger charge is 2.21. The van der Waals surface area contributed by atoms with Crippen LogP contribution in [-0.2, 0) is 0 Å². The summed E-state index contributed by atoms with van der Waals surface area (Å²) in [4.78, 5) is 10.7. The van der Waals surface area contributed by atoms with Gasteiger partial charge >= 0.3 is 5.97 Å². The lowest BCUT2D eigenvalue weighted by Gasteiger charge is -2.10. The molecule has 0 saturated carbocycles. The molecule has 0 aliphatic carbocycles. The minimum absolute atomic E-state index is 0.000556. The summed E-state index contributed by atoms with van der Waals surface area (Å²) < 4.78 is 18.1. The van der Waals surface area contributed by atoms with Crippen molar-refractivity contribution in [3.63, 3.8) is 0 Å². The van der Waals surface area contributed by atoms with Crippen LogP contribution in [0.2, 0.25) is 5.02 Å². The van der Waals surface area contributed by atoms with E-state index in [2.05, 4.69) is 0 Å².